The van der Waals surface area contributed by atoms with E-state index >= 15 is 0 Å². The molecule has 136 valence electrons. The standard InChI is InChI=1S/C16H24N6O3/c1-16(4-6-17-7-5-16)9-18-11(23)8-22-14(24)12-13(19-10-20(12)2)21(3)15(22)25/h10,17H,4-9H2,1-3H3,(H,18,23). The largest absolute Gasteiger partial charge is 0.354 e. The van der Waals surface area contributed by atoms with Crippen molar-refractivity contribution in [2.45, 2.75) is 26.3 Å². The van der Waals surface area contributed by atoms with Gasteiger partial charge in [0.25, 0.3) is 5.56 Å². The van der Waals surface area contributed by atoms with Gasteiger partial charge in [0.15, 0.2) is 11.2 Å². The molecule has 0 unspecified atom stereocenters. The van der Waals surface area contributed by atoms with Crippen molar-refractivity contribution in [3.63, 3.8) is 0 Å². The fraction of sp³-hybridized carbons (Fsp3) is 0.625. The summed E-state index contributed by atoms with van der Waals surface area (Å²) < 4.78 is 3.81. The first-order chi connectivity index (χ1) is 11.8. The van der Waals surface area contributed by atoms with Crippen molar-refractivity contribution in [1.29, 1.82) is 0 Å². The number of aryl methyl sites for hydroxylation is 2. The number of hydrogen-bond acceptors (Lipinski definition) is 5. The second kappa shape index (κ2) is 6.47. The zero-order valence-corrected chi connectivity index (χ0v) is 14.8. The molecule has 1 aliphatic heterocycles. The molecule has 1 saturated heterocycles. The van der Waals surface area contributed by atoms with Crippen LogP contribution in [0.2, 0.25) is 0 Å². The van der Waals surface area contributed by atoms with Gasteiger partial charge >= 0.3 is 5.69 Å². The van der Waals surface area contributed by atoms with Gasteiger partial charge in [-0.1, -0.05) is 6.92 Å². The molecule has 3 heterocycles. The third kappa shape index (κ3) is 3.23. The minimum atomic E-state index is -0.542. The van der Waals surface area contributed by atoms with Gasteiger partial charge in [0, 0.05) is 20.6 Å². The number of nitrogens with one attached hydrogen (secondary N) is 2. The smallest absolute Gasteiger partial charge is 0.332 e. The minimum Gasteiger partial charge on any atom is -0.354 e. The van der Waals surface area contributed by atoms with Crippen LogP contribution in [0.3, 0.4) is 0 Å². The van der Waals surface area contributed by atoms with Crippen LogP contribution in [0.5, 0.6) is 0 Å². The number of carbonyl (C=O) groups excluding carboxylic acids is 1. The molecule has 0 aliphatic carbocycles. The Hall–Kier alpha value is -2.42. The highest BCUT2D eigenvalue weighted by Crippen LogP contribution is 2.26. The Morgan fingerprint density at radius 2 is 2.00 bits per heavy atom. The lowest BCUT2D eigenvalue weighted by molar-refractivity contribution is -0.122. The number of aromatic nitrogens is 4. The average molecular weight is 348 g/mol. The van der Waals surface area contributed by atoms with Gasteiger partial charge in [-0.05, 0) is 31.3 Å². The summed E-state index contributed by atoms with van der Waals surface area (Å²) >= 11 is 0. The molecule has 3 rings (SSSR count). The van der Waals surface area contributed by atoms with Crippen LogP contribution in [0.4, 0.5) is 0 Å². The summed E-state index contributed by atoms with van der Waals surface area (Å²) in [4.78, 5) is 41.4. The van der Waals surface area contributed by atoms with Crippen LogP contribution in [0, 0.1) is 5.41 Å². The minimum absolute atomic E-state index is 0.0445. The summed E-state index contributed by atoms with van der Waals surface area (Å²) in [6.07, 6.45) is 3.44. The number of nitrogens with zero attached hydrogens (tertiary/aromatic N) is 4. The van der Waals surface area contributed by atoms with Crippen LogP contribution in [0.15, 0.2) is 15.9 Å². The highest BCUT2D eigenvalue weighted by atomic mass is 16.2. The second-order valence-corrected chi connectivity index (χ2v) is 7.10. The lowest BCUT2D eigenvalue weighted by atomic mass is 9.81. The van der Waals surface area contributed by atoms with Gasteiger partial charge in [-0.15, -0.1) is 0 Å². The van der Waals surface area contributed by atoms with E-state index in [9.17, 15) is 14.4 Å². The van der Waals surface area contributed by atoms with Crippen LogP contribution in [0.25, 0.3) is 11.2 Å². The first-order valence-electron chi connectivity index (χ1n) is 8.41. The van der Waals surface area contributed by atoms with Crippen molar-refractivity contribution in [2.75, 3.05) is 19.6 Å². The predicted octanol–water partition coefficient (Wildman–Crippen LogP) is -1.06. The number of piperidine rings is 1. The van der Waals surface area contributed by atoms with E-state index in [1.54, 1.807) is 18.7 Å². The molecule has 2 aromatic heterocycles. The van der Waals surface area contributed by atoms with E-state index < -0.39 is 11.2 Å². The van der Waals surface area contributed by atoms with Gasteiger partial charge in [0.2, 0.25) is 5.91 Å². The maximum Gasteiger partial charge on any atom is 0.332 e. The zero-order valence-electron chi connectivity index (χ0n) is 14.8. The van der Waals surface area contributed by atoms with E-state index in [0.29, 0.717) is 17.7 Å². The molecule has 1 amide bonds. The van der Waals surface area contributed by atoms with Gasteiger partial charge in [-0.25, -0.2) is 14.3 Å². The molecule has 25 heavy (non-hydrogen) atoms. The molecule has 9 heteroatoms. The molecule has 0 radical (unpaired) electrons. The first-order valence-corrected chi connectivity index (χ1v) is 8.41. The van der Waals surface area contributed by atoms with Crippen molar-refractivity contribution in [1.82, 2.24) is 29.3 Å². The molecular weight excluding hydrogens is 324 g/mol. The van der Waals surface area contributed by atoms with E-state index in [1.807, 2.05) is 0 Å². The Morgan fingerprint density at radius 1 is 1.32 bits per heavy atom. The SMILES string of the molecule is Cn1cnc2c1c(=O)n(CC(=O)NCC1(C)CCNCC1)c(=O)n2C. The Balaban J connectivity index is 1.81. The van der Waals surface area contributed by atoms with E-state index in [4.69, 9.17) is 0 Å². The topological polar surface area (TPSA) is 103 Å². The van der Waals surface area contributed by atoms with E-state index in [0.717, 1.165) is 30.5 Å². The van der Waals surface area contributed by atoms with Gasteiger partial charge in [-0.3, -0.25) is 14.2 Å². The fourth-order valence-electron chi connectivity index (χ4n) is 3.25. The summed E-state index contributed by atoms with van der Waals surface area (Å²) in [5.41, 5.74) is -0.375. The Morgan fingerprint density at radius 3 is 2.68 bits per heavy atom. The zero-order chi connectivity index (χ0) is 18.2. The van der Waals surface area contributed by atoms with Crippen LogP contribution in [-0.4, -0.2) is 44.2 Å². The molecular formula is C16H24N6O3. The third-order valence-corrected chi connectivity index (χ3v) is 5.03. The third-order valence-electron chi connectivity index (χ3n) is 5.03. The molecule has 0 bridgehead atoms. The van der Waals surface area contributed by atoms with E-state index in [1.165, 1.54) is 10.9 Å². The van der Waals surface area contributed by atoms with Gasteiger partial charge in [-0.2, -0.15) is 0 Å². The van der Waals surface area contributed by atoms with Crippen molar-refractivity contribution in [3.05, 3.63) is 27.2 Å². The van der Waals surface area contributed by atoms with Crippen LogP contribution in [0.1, 0.15) is 19.8 Å². The molecule has 0 atom stereocenters. The van der Waals surface area contributed by atoms with Crippen molar-refractivity contribution < 1.29 is 4.79 Å². The lowest BCUT2D eigenvalue weighted by Gasteiger charge is -2.34. The lowest BCUT2D eigenvalue weighted by Crippen LogP contribution is -2.46. The number of fused-ring (bicyclic) bond motifs is 1. The van der Waals surface area contributed by atoms with Crippen molar-refractivity contribution in [3.8, 4) is 0 Å². The highest BCUT2D eigenvalue weighted by Gasteiger charge is 2.27. The molecule has 0 spiro atoms. The fourth-order valence-corrected chi connectivity index (χ4v) is 3.25. The van der Waals surface area contributed by atoms with Crippen LogP contribution in [-0.2, 0) is 25.4 Å². The Bertz CT molecular complexity index is 916. The van der Waals surface area contributed by atoms with Gasteiger partial charge in [0.1, 0.15) is 6.54 Å². The van der Waals surface area contributed by atoms with Gasteiger partial charge < -0.3 is 15.2 Å². The molecule has 0 aromatic carbocycles. The number of rotatable bonds is 4. The number of amides is 1. The monoisotopic (exact) mass is 348 g/mol. The Kier molecular flexibility index (Phi) is 4.51. The van der Waals surface area contributed by atoms with Crippen LogP contribution < -0.4 is 21.9 Å². The Labute approximate surface area is 144 Å². The molecule has 9 nitrogen and oxygen atoms in total. The maximum absolute atomic E-state index is 12.6. The van der Waals surface area contributed by atoms with Crippen molar-refractivity contribution in [2.24, 2.45) is 19.5 Å². The summed E-state index contributed by atoms with van der Waals surface area (Å²) in [6, 6.07) is 0. The highest BCUT2D eigenvalue weighted by molar-refractivity contribution is 5.76. The summed E-state index contributed by atoms with van der Waals surface area (Å²) in [5.74, 6) is -0.333. The normalized spacial score (nSPS) is 16.9. The summed E-state index contributed by atoms with van der Waals surface area (Å²) in [7, 11) is 3.23. The molecule has 0 saturated carbocycles. The van der Waals surface area contributed by atoms with E-state index in [-0.39, 0.29) is 17.9 Å². The summed E-state index contributed by atoms with van der Waals surface area (Å²) in [5, 5.41) is 6.17. The summed E-state index contributed by atoms with van der Waals surface area (Å²) in [6.45, 7) is 4.26. The quantitative estimate of drug-likeness (QED) is 0.733. The number of hydrogen-bond donors (Lipinski definition) is 2. The van der Waals surface area contributed by atoms with E-state index in [2.05, 4.69) is 22.5 Å². The first kappa shape index (κ1) is 17.4. The van der Waals surface area contributed by atoms with Crippen LogP contribution >= 0.6 is 0 Å². The predicted molar refractivity (Wildman–Crippen MR) is 93.4 cm³/mol. The molecule has 2 N–H and O–H groups in total. The number of carbonyl (C=O) groups is 1. The number of imidazole rings is 1. The van der Waals surface area contributed by atoms with Crippen molar-refractivity contribution >= 4 is 17.1 Å². The molecule has 2 aromatic rings. The average Bonchev–Trinajstić information content (AvgIpc) is 2.98. The molecule has 1 fully saturated rings. The maximum atomic E-state index is 12.6. The second-order valence-electron chi connectivity index (χ2n) is 7.10. The van der Waals surface area contributed by atoms with Gasteiger partial charge in [0.05, 0.1) is 6.33 Å². The molecule has 1 aliphatic rings.